The SMILES string of the molecule is CN1CCCC(CNS(=O)(=O)c2ccc(C#N)s2)C1. The second-order valence-corrected chi connectivity index (χ2v) is 7.93. The first-order valence-electron chi connectivity index (χ1n) is 6.19. The van der Waals surface area contributed by atoms with E-state index in [2.05, 4.69) is 16.7 Å². The van der Waals surface area contributed by atoms with Gasteiger partial charge >= 0.3 is 0 Å². The zero-order chi connectivity index (χ0) is 13.9. The Balaban J connectivity index is 1.96. The number of nitrogens with one attached hydrogen (secondary N) is 1. The van der Waals surface area contributed by atoms with Gasteiger partial charge in [0, 0.05) is 13.1 Å². The van der Waals surface area contributed by atoms with Crippen molar-refractivity contribution in [3.63, 3.8) is 0 Å². The standard InChI is InChI=1S/C12H17N3O2S2/c1-15-6-2-3-10(9-15)8-14-19(16,17)12-5-4-11(7-13)18-12/h4-5,10,14H,2-3,6,8-9H2,1H3. The van der Waals surface area contributed by atoms with E-state index in [9.17, 15) is 8.42 Å². The molecule has 2 heterocycles. The molecule has 1 unspecified atom stereocenters. The second kappa shape index (κ2) is 6.01. The molecule has 0 radical (unpaired) electrons. The minimum atomic E-state index is -3.47. The maximum Gasteiger partial charge on any atom is 0.250 e. The van der Waals surface area contributed by atoms with E-state index >= 15 is 0 Å². The Morgan fingerprint density at radius 2 is 2.37 bits per heavy atom. The van der Waals surface area contributed by atoms with Crippen LogP contribution in [0.5, 0.6) is 0 Å². The molecule has 0 aromatic carbocycles. The first-order valence-corrected chi connectivity index (χ1v) is 8.49. The predicted octanol–water partition coefficient (Wildman–Crippen LogP) is 1.24. The fourth-order valence-electron chi connectivity index (χ4n) is 2.26. The van der Waals surface area contributed by atoms with Gasteiger partial charge in [0.25, 0.3) is 0 Å². The van der Waals surface area contributed by atoms with Crippen LogP contribution in [-0.2, 0) is 10.0 Å². The number of thiophene rings is 1. The molecule has 1 N–H and O–H groups in total. The van der Waals surface area contributed by atoms with Crippen molar-refractivity contribution < 1.29 is 8.42 Å². The molecule has 7 heteroatoms. The summed E-state index contributed by atoms with van der Waals surface area (Å²) in [6.07, 6.45) is 2.17. The van der Waals surface area contributed by atoms with E-state index in [-0.39, 0.29) is 4.21 Å². The highest BCUT2D eigenvalue weighted by atomic mass is 32.2. The van der Waals surface area contributed by atoms with Crippen molar-refractivity contribution in [1.82, 2.24) is 9.62 Å². The third-order valence-electron chi connectivity index (χ3n) is 3.24. The molecule has 1 saturated heterocycles. The molecule has 1 aliphatic heterocycles. The molecule has 0 spiro atoms. The second-order valence-electron chi connectivity index (χ2n) is 4.85. The van der Waals surface area contributed by atoms with Crippen molar-refractivity contribution in [1.29, 1.82) is 5.26 Å². The lowest BCUT2D eigenvalue weighted by Crippen LogP contribution is -2.38. The molecule has 5 nitrogen and oxygen atoms in total. The molecular weight excluding hydrogens is 282 g/mol. The highest BCUT2D eigenvalue weighted by molar-refractivity contribution is 7.91. The van der Waals surface area contributed by atoms with Crippen LogP contribution < -0.4 is 4.72 Å². The fourth-order valence-corrected chi connectivity index (χ4v) is 4.53. The van der Waals surface area contributed by atoms with Crippen LogP contribution in [0.2, 0.25) is 0 Å². The fraction of sp³-hybridized carbons (Fsp3) is 0.583. The van der Waals surface area contributed by atoms with Crippen LogP contribution in [-0.4, -0.2) is 40.0 Å². The molecule has 0 amide bonds. The zero-order valence-corrected chi connectivity index (χ0v) is 12.4. The lowest BCUT2D eigenvalue weighted by Gasteiger charge is -2.29. The number of hydrogen-bond acceptors (Lipinski definition) is 5. The van der Waals surface area contributed by atoms with Crippen molar-refractivity contribution in [3.05, 3.63) is 17.0 Å². The molecule has 0 saturated carbocycles. The molecule has 1 aromatic rings. The van der Waals surface area contributed by atoms with Crippen LogP contribution >= 0.6 is 11.3 Å². The van der Waals surface area contributed by atoms with Gasteiger partial charge in [-0.2, -0.15) is 5.26 Å². The largest absolute Gasteiger partial charge is 0.306 e. The quantitative estimate of drug-likeness (QED) is 0.908. The molecule has 0 aliphatic carbocycles. The number of likely N-dealkylation sites (tertiary alicyclic amines) is 1. The Bertz CT molecular complexity index is 574. The van der Waals surface area contributed by atoms with E-state index < -0.39 is 10.0 Å². The van der Waals surface area contributed by atoms with Crippen LogP contribution in [0, 0.1) is 17.2 Å². The molecule has 19 heavy (non-hydrogen) atoms. The third-order valence-corrected chi connectivity index (χ3v) is 6.15. The molecular formula is C12H17N3O2S2. The molecule has 1 fully saturated rings. The first-order chi connectivity index (χ1) is 9.01. The van der Waals surface area contributed by atoms with Gasteiger partial charge in [-0.15, -0.1) is 11.3 Å². The van der Waals surface area contributed by atoms with E-state index in [1.54, 1.807) is 0 Å². The Kier molecular flexibility index (Phi) is 4.58. The summed E-state index contributed by atoms with van der Waals surface area (Å²) in [5.41, 5.74) is 0. The van der Waals surface area contributed by atoms with Crippen LogP contribution in [0.25, 0.3) is 0 Å². The number of piperidine rings is 1. The van der Waals surface area contributed by atoms with Crippen molar-refractivity contribution in [3.8, 4) is 6.07 Å². The minimum absolute atomic E-state index is 0.216. The predicted molar refractivity (Wildman–Crippen MR) is 74.4 cm³/mol. The van der Waals surface area contributed by atoms with Crippen LogP contribution in [0.15, 0.2) is 16.3 Å². The van der Waals surface area contributed by atoms with Gasteiger partial charge in [0.1, 0.15) is 15.2 Å². The summed E-state index contributed by atoms with van der Waals surface area (Å²) in [6.45, 7) is 2.47. The van der Waals surface area contributed by atoms with E-state index in [1.165, 1.54) is 12.1 Å². The summed E-state index contributed by atoms with van der Waals surface area (Å²) in [6, 6.07) is 4.97. The van der Waals surface area contributed by atoms with E-state index in [0.717, 1.165) is 37.3 Å². The normalized spacial score (nSPS) is 21.2. The van der Waals surface area contributed by atoms with Crippen LogP contribution in [0.1, 0.15) is 17.7 Å². The number of hydrogen-bond donors (Lipinski definition) is 1. The lowest BCUT2D eigenvalue weighted by molar-refractivity contribution is 0.211. The smallest absolute Gasteiger partial charge is 0.250 e. The van der Waals surface area contributed by atoms with Crippen LogP contribution in [0.4, 0.5) is 0 Å². The van der Waals surface area contributed by atoms with Crippen molar-refractivity contribution in [2.75, 3.05) is 26.7 Å². The van der Waals surface area contributed by atoms with E-state index in [1.807, 2.05) is 6.07 Å². The topological polar surface area (TPSA) is 73.2 Å². The summed E-state index contributed by atoms with van der Waals surface area (Å²) in [7, 11) is -1.41. The van der Waals surface area contributed by atoms with Gasteiger partial charge in [-0.05, 0) is 44.5 Å². The van der Waals surface area contributed by atoms with Crippen molar-refractivity contribution >= 4 is 21.4 Å². The van der Waals surface area contributed by atoms with Gasteiger partial charge < -0.3 is 4.90 Å². The Hall–Kier alpha value is -0.940. The van der Waals surface area contributed by atoms with Gasteiger partial charge in [-0.1, -0.05) is 0 Å². The Morgan fingerprint density at radius 1 is 1.58 bits per heavy atom. The van der Waals surface area contributed by atoms with Crippen molar-refractivity contribution in [2.45, 2.75) is 17.1 Å². The summed E-state index contributed by atoms with van der Waals surface area (Å²) >= 11 is 1.00. The molecule has 0 bridgehead atoms. The van der Waals surface area contributed by atoms with Gasteiger partial charge in [-0.3, -0.25) is 0 Å². The first kappa shape index (κ1) is 14.5. The van der Waals surface area contributed by atoms with Gasteiger partial charge in [0.15, 0.2) is 0 Å². The van der Waals surface area contributed by atoms with E-state index in [0.29, 0.717) is 17.3 Å². The van der Waals surface area contributed by atoms with E-state index in [4.69, 9.17) is 5.26 Å². The third kappa shape index (κ3) is 3.76. The summed E-state index contributed by atoms with van der Waals surface area (Å²) in [5, 5.41) is 8.72. The highest BCUT2D eigenvalue weighted by Gasteiger charge is 2.21. The number of rotatable bonds is 4. The van der Waals surface area contributed by atoms with Crippen molar-refractivity contribution in [2.24, 2.45) is 5.92 Å². The summed E-state index contributed by atoms with van der Waals surface area (Å²) in [4.78, 5) is 2.64. The minimum Gasteiger partial charge on any atom is -0.306 e. The maximum absolute atomic E-state index is 12.1. The zero-order valence-electron chi connectivity index (χ0n) is 10.8. The molecule has 1 aliphatic rings. The Morgan fingerprint density at radius 3 is 3.00 bits per heavy atom. The number of sulfonamides is 1. The average molecular weight is 299 g/mol. The number of nitrogens with zero attached hydrogens (tertiary/aromatic N) is 2. The van der Waals surface area contributed by atoms with Gasteiger partial charge in [0.05, 0.1) is 0 Å². The molecule has 2 rings (SSSR count). The number of nitriles is 1. The lowest BCUT2D eigenvalue weighted by atomic mass is 9.99. The monoisotopic (exact) mass is 299 g/mol. The maximum atomic E-state index is 12.1. The van der Waals surface area contributed by atoms with Gasteiger partial charge in [-0.25, -0.2) is 13.1 Å². The Labute approximate surface area is 117 Å². The summed E-state index contributed by atoms with van der Waals surface area (Å²) < 4.78 is 27.0. The molecule has 104 valence electrons. The molecule has 1 aromatic heterocycles. The highest BCUT2D eigenvalue weighted by Crippen LogP contribution is 2.21. The molecule has 1 atom stereocenters. The average Bonchev–Trinajstić information content (AvgIpc) is 2.86. The van der Waals surface area contributed by atoms with Crippen LogP contribution in [0.3, 0.4) is 0 Å². The summed E-state index contributed by atoms with van der Waals surface area (Å²) in [5.74, 6) is 0.365. The van der Waals surface area contributed by atoms with Gasteiger partial charge in [0.2, 0.25) is 10.0 Å².